The van der Waals surface area contributed by atoms with Gasteiger partial charge in [0.25, 0.3) is 0 Å². The molecule has 0 saturated heterocycles. The van der Waals surface area contributed by atoms with Gasteiger partial charge in [-0.05, 0) is 97.0 Å². The van der Waals surface area contributed by atoms with Crippen molar-refractivity contribution in [3.8, 4) is 23.0 Å². The van der Waals surface area contributed by atoms with Gasteiger partial charge in [-0.1, -0.05) is 131 Å². The zero-order valence-electron chi connectivity index (χ0n) is 54.9. The molecule has 1 N–H and O–H groups in total. The van der Waals surface area contributed by atoms with Gasteiger partial charge in [0.2, 0.25) is 0 Å². The number of carbonyl (C=O) groups is 3. The average molecular weight is 1300 g/mol. The summed E-state index contributed by atoms with van der Waals surface area (Å²) in [6.07, 6.45) is 6.82. The molecule has 6 rings (SSSR count). The molecular weight excluding hydrogens is 1190 g/mol. The average Bonchev–Trinajstić information content (AvgIpc) is 1.66. The van der Waals surface area contributed by atoms with Crippen molar-refractivity contribution in [3.05, 3.63) is 140 Å². The van der Waals surface area contributed by atoms with Gasteiger partial charge in [-0.2, -0.15) is 0 Å². The van der Waals surface area contributed by atoms with E-state index in [-0.39, 0.29) is 32.6 Å². The SMILES string of the molecule is C.CCOP(=O)(CCN(C/C(C)=C/Cc1c(OC)c(C)c2c(c1OCC[Si](C)(C)C)C(=O)OC2)Cc1ccccc1)OCC.CCOP(=O)(CCNC/C(C)=C/Cc1c(OC)c(C)c2c(c1OCC[Si](C)(C)C)C(=O)OC2)OCC.O=Cc1ccccc1. The third-order valence-corrected chi connectivity index (χ3v) is 21.9. The Bertz CT molecular complexity index is 3000. The highest BCUT2D eigenvalue weighted by atomic mass is 31.2. The number of fused-ring (bicyclic) bond motifs is 2. The maximum atomic E-state index is 13.2. The smallest absolute Gasteiger partial charge is 0.342 e. The Balaban J connectivity index is 0.000000408. The summed E-state index contributed by atoms with van der Waals surface area (Å²) in [4.78, 5) is 37.8. The van der Waals surface area contributed by atoms with Gasteiger partial charge < -0.3 is 51.8 Å². The fourth-order valence-electron chi connectivity index (χ4n) is 9.77. The van der Waals surface area contributed by atoms with Crippen LogP contribution in [-0.2, 0) is 69.3 Å². The lowest BCUT2D eigenvalue weighted by molar-refractivity contribution is 0.0522. The van der Waals surface area contributed by atoms with Gasteiger partial charge >= 0.3 is 27.1 Å². The molecule has 0 amide bonds. The fraction of sp³-hybridized carbons (Fsp3) is 0.537. The topological polar surface area (TPSA) is 193 Å². The summed E-state index contributed by atoms with van der Waals surface area (Å²) in [5.74, 6) is 1.96. The molecule has 490 valence electrons. The Labute approximate surface area is 529 Å². The number of cyclic esters (lactones) is 2. The van der Waals surface area contributed by atoms with Gasteiger partial charge in [-0.3, -0.25) is 18.8 Å². The maximum absolute atomic E-state index is 13.2. The maximum Gasteiger partial charge on any atom is 0.342 e. The summed E-state index contributed by atoms with van der Waals surface area (Å²) in [7, 11) is -5.59. The van der Waals surface area contributed by atoms with Crippen LogP contribution in [0.15, 0.2) is 84.0 Å². The normalized spacial score (nSPS) is 13.3. The lowest BCUT2D eigenvalue weighted by Crippen LogP contribution is -2.29. The van der Waals surface area contributed by atoms with Crippen LogP contribution in [0.2, 0.25) is 51.4 Å². The molecular formula is C67H104N2O15P2Si2. The van der Waals surface area contributed by atoms with Crippen molar-refractivity contribution in [2.45, 2.75) is 147 Å². The van der Waals surface area contributed by atoms with E-state index in [0.29, 0.717) is 120 Å². The van der Waals surface area contributed by atoms with Gasteiger partial charge in [0.15, 0.2) is 0 Å². The van der Waals surface area contributed by atoms with Crippen LogP contribution in [0.4, 0.5) is 0 Å². The summed E-state index contributed by atoms with van der Waals surface area (Å²) in [6.45, 7) is 35.2. The first-order valence-corrected chi connectivity index (χ1v) is 41.3. The minimum absolute atomic E-state index is 0. The van der Waals surface area contributed by atoms with Gasteiger partial charge in [0.1, 0.15) is 53.6 Å². The second kappa shape index (κ2) is 37.9. The second-order valence-electron chi connectivity index (χ2n) is 23.9. The monoisotopic (exact) mass is 1290 g/mol. The van der Waals surface area contributed by atoms with Crippen LogP contribution in [0.1, 0.15) is 119 Å². The third-order valence-electron chi connectivity index (χ3n) is 14.4. The first kappa shape index (κ1) is 77.1. The number of benzene rings is 4. The number of ether oxygens (including phenoxy) is 6. The van der Waals surface area contributed by atoms with E-state index in [2.05, 4.69) is 80.7 Å². The van der Waals surface area contributed by atoms with Crippen LogP contribution in [0.25, 0.3) is 0 Å². The first-order valence-electron chi connectivity index (χ1n) is 30.4. The molecule has 0 saturated carbocycles. The molecule has 0 fully saturated rings. The van der Waals surface area contributed by atoms with E-state index < -0.39 is 31.3 Å². The van der Waals surface area contributed by atoms with Crippen LogP contribution in [-0.4, -0.2) is 132 Å². The minimum atomic E-state index is -3.18. The Morgan fingerprint density at radius 1 is 0.625 bits per heavy atom. The fourth-order valence-corrected chi connectivity index (χ4v) is 14.4. The van der Waals surface area contributed by atoms with Gasteiger partial charge in [-0.25, -0.2) is 9.59 Å². The molecule has 2 aliphatic rings. The van der Waals surface area contributed by atoms with E-state index >= 15 is 0 Å². The molecule has 0 aliphatic carbocycles. The van der Waals surface area contributed by atoms with Crippen LogP contribution in [0, 0.1) is 13.8 Å². The Kier molecular flexibility index (Phi) is 33.2. The molecule has 21 heteroatoms. The number of nitrogens with zero attached hydrogens (tertiary/aromatic N) is 1. The highest BCUT2D eigenvalue weighted by molar-refractivity contribution is 7.54. The third kappa shape index (κ3) is 24.6. The molecule has 88 heavy (non-hydrogen) atoms. The van der Waals surface area contributed by atoms with Gasteiger partial charge in [-0.15, -0.1) is 0 Å². The number of carbonyl (C=O) groups excluding carboxylic acids is 3. The van der Waals surface area contributed by atoms with Crippen LogP contribution < -0.4 is 24.3 Å². The number of nitrogens with one attached hydrogen (secondary N) is 1. The number of rotatable bonds is 35. The second-order valence-corrected chi connectivity index (χ2v) is 39.5. The summed E-state index contributed by atoms with van der Waals surface area (Å²) >= 11 is 0. The number of esters is 2. The molecule has 0 aromatic heterocycles. The standard InChI is InChI=1S/C33H50NO7PSi.C26H44NO7PSi.C7H6O.CH4/c1-9-40-42(36,41-10-2)20-18-34(23-27-14-12-11-13-15-27)22-25(3)16-17-28-31(37-5)26(4)29-24-39-33(35)30(29)32(28)38-19-21-43(6,7)8;1-9-33-35(29,34-10-2)15-13-27-17-19(3)11-12-21-24(30-5)20(4)22-18-32-26(28)23(22)25(21)31-14-16-36(6,7)8;8-6-7-4-2-1-3-5-7;/h11-16H,9-10,17-24H2,1-8H3;11,27H,9-10,12-18H2,1-8H3;1-6H;1H4/b25-16+;19-11+;;. The minimum Gasteiger partial charge on any atom is -0.496 e. The van der Waals surface area contributed by atoms with Crippen LogP contribution >= 0.6 is 15.2 Å². The first-order chi connectivity index (χ1) is 41.3. The largest absolute Gasteiger partial charge is 0.496 e. The van der Waals surface area contributed by atoms with Crippen molar-refractivity contribution >= 4 is 49.6 Å². The Morgan fingerprint density at radius 3 is 1.44 bits per heavy atom. The number of methoxy groups -OCH3 is 2. The van der Waals surface area contributed by atoms with E-state index in [1.54, 1.807) is 26.4 Å². The quantitative estimate of drug-likeness (QED) is 0.0114. The van der Waals surface area contributed by atoms with Crippen molar-refractivity contribution in [1.29, 1.82) is 0 Å². The molecule has 0 atom stereocenters. The van der Waals surface area contributed by atoms with Gasteiger partial charge in [0.05, 0.1) is 66.2 Å². The Morgan fingerprint density at radius 2 is 1.05 bits per heavy atom. The van der Waals surface area contributed by atoms with E-state index in [1.165, 1.54) is 5.56 Å². The van der Waals surface area contributed by atoms with E-state index in [1.807, 2.05) is 84.9 Å². The Hall–Kier alpha value is -5.18. The molecule has 0 radical (unpaired) electrons. The highest BCUT2D eigenvalue weighted by Crippen LogP contribution is 2.49. The molecule has 17 nitrogen and oxygen atoms in total. The number of hydrogen-bond acceptors (Lipinski definition) is 17. The molecule has 0 spiro atoms. The summed E-state index contributed by atoms with van der Waals surface area (Å²) in [5.41, 5.74) is 10.4. The summed E-state index contributed by atoms with van der Waals surface area (Å²) in [5, 5.41) is 3.32. The van der Waals surface area contributed by atoms with Crippen molar-refractivity contribution in [1.82, 2.24) is 10.2 Å². The molecule has 0 bridgehead atoms. The number of hydrogen-bond donors (Lipinski definition) is 1. The zero-order chi connectivity index (χ0) is 64.4. The molecule has 4 aromatic carbocycles. The molecule has 2 aliphatic heterocycles. The summed E-state index contributed by atoms with van der Waals surface area (Å²) < 4.78 is 82.8. The van der Waals surface area contributed by atoms with E-state index in [9.17, 15) is 23.5 Å². The van der Waals surface area contributed by atoms with Crippen molar-refractivity contribution in [2.75, 3.05) is 92.4 Å². The summed E-state index contributed by atoms with van der Waals surface area (Å²) in [6, 6.07) is 21.3. The lowest BCUT2D eigenvalue weighted by Gasteiger charge is -2.25. The number of allylic oxidation sites excluding steroid dienone is 2. The highest BCUT2D eigenvalue weighted by Gasteiger charge is 2.35. The van der Waals surface area contributed by atoms with Crippen molar-refractivity contribution < 1.29 is 70.0 Å². The van der Waals surface area contributed by atoms with E-state index in [4.69, 9.17) is 46.5 Å². The van der Waals surface area contributed by atoms with Crippen molar-refractivity contribution in [2.24, 2.45) is 0 Å². The van der Waals surface area contributed by atoms with Crippen LogP contribution in [0.3, 0.4) is 0 Å². The predicted octanol–water partition coefficient (Wildman–Crippen LogP) is 15.5. The molecule has 2 heterocycles. The van der Waals surface area contributed by atoms with Crippen molar-refractivity contribution in [3.63, 3.8) is 0 Å². The predicted molar refractivity (Wildman–Crippen MR) is 361 cm³/mol. The lowest BCUT2D eigenvalue weighted by atomic mass is 9.94. The van der Waals surface area contributed by atoms with Crippen LogP contribution in [0.5, 0.6) is 23.0 Å². The van der Waals surface area contributed by atoms with E-state index in [0.717, 1.165) is 80.0 Å². The zero-order valence-corrected chi connectivity index (χ0v) is 58.7. The van der Waals surface area contributed by atoms with Gasteiger partial charge in [0, 0.05) is 76.7 Å². The molecule has 4 aromatic rings. The molecule has 0 unspecified atom stereocenters. The number of aldehydes is 1.